The minimum atomic E-state index is -0.735. The molecule has 0 spiro atoms. The number of aromatic nitrogens is 2. The van der Waals surface area contributed by atoms with Gasteiger partial charge >= 0.3 is 5.69 Å². The van der Waals surface area contributed by atoms with E-state index >= 15 is 0 Å². The molecule has 194 valence electrons. The second-order valence-corrected chi connectivity index (χ2v) is 13.3. The van der Waals surface area contributed by atoms with Crippen molar-refractivity contribution in [1.82, 2.24) is 9.55 Å². The number of nitriles is 1. The van der Waals surface area contributed by atoms with Crippen LogP contribution < -0.4 is 11.2 Å². The van der Waals surface area contributed by atoms with Crippen molar-refractivity contribution in [2.45, 2.75) is 48.8 Å². The molecule has 4 fully saturated rings. The van der Waals surface area contributed by atoms with E-state index in [9.17, 15) is 14.7 Å². The van der Waals surface area contributed by atoms with Gasteiger partial charge in [0.05, 0.1) is 11.4 Å². The maximum absolute atomic E-state index is 12.8. The van der Waals surface area contributed by atoms with E-state index in [-0.39, 0.29) is 11.0 Å². The molecule has 10 heteroatoms. The molecule has 4 bridgehead atoms. The summed E-state index contributed by atoms with van der Waals surface area (Å²) in [4.78, 5) is 32.8. The number of thioether (sulfide) groups is 1. The molecule has 38 heavy (non-hydrogen) atoms. The summed E-state index contributed by atoms with van der Waals surface area (Å²) in [5.74, 6) is 1.95. The summed E-state index contributed by atoms with van der Waals surface area (Å²) in [6.45, 7) is 0. The molecule has 1 heterocycles. The Morgan fingerprint density at radius 3 is 2.34 bits per heavy atom. The van der Waals surface area contributed by atoms with Crippen molar-refractivity contribution in [3.05, 3.63) is 77.3 Å². The van der Waals surface area contributed by atoms with Crippen molar-refractivity contribution in [3.8, 4) is 17.0 Å². The predicted octanol–water partition coefficient (Wildman–Crippen LogP) is 6.55. The number of nitrogens with one attached hydrogen (secondary N) is 1. The fourth-order valence-corrected chi connectivity index (χ4v) is 8.81. The fraction of sp³-hybridized carbons (Fsp3) is 0.357. The highest BCUT2D eigenvalue weighted by molar-refractivity contribution is 9.11. The highest BCUT2D eigenvalue weighted by Crippen LogP contribution is 2.61. The number of rotatable bonds is 5. The second kappa shape index (κ2) is 9.85. The van der Waals surface area contributed by atoms with E-state index in [0.29, 0.717) is 20.3 Å². The number of benzene rings is 2. The fourth-order valence-electron chi connectivity index (χ4n) is 7.20. The highest BCUT2D eigenvalue weighted by atomic mass is 79.9. The number of nitrogens with zero attached hydrogens (tertiary/aromatic N) is 3. The molecule has 4 aliphatic carbocycles. The van der Waals surface area contributed by atoms with Crippen LogP contribution >= 0.6 is 43.6 Å². The van der Waals surface area contributed by atoms with E-state index < -0.39 is 17.1 Å². The van der Waals surface area contributed by atoms with Gasteiger partial charge < -0.3 is 5.11 Å². The zero-order valence-electron chi connectivity index (χ0n) is 20.3. The first kappa shape index (κ1) is 25.7. The Balaban J connectivity index is 1.35. The lowest BCUT2D eigenvalue weighted by Gasteiger charge is -2.57. The summed E-state index contributed by atoms with van der Waals surface area (Å²) < 4.78 is 2.41. The summed E-state index contributed by atoms with van der Waals surface area (Å²) in [6.07, 6.45) is 9.00. The van der Waals surface area contributed by atoms with E-state index in [1.165, 1.54) is 50.3 Å². The van der Waals surface area contributed by atoms with Crippen LogP contribution in [-0.2, 0) is 5.41 Å². The summed E-state index contributed by atoms with van der Waals surface area (Å²) in [7, 11) is 0. The van der Waals surface area contributed by atoms with Crippen LogP contribution in [-0.4, -0.2) is 20.9 Å². The number of aliphatic imine (C=N–C) groups is 1. The van der Waals surface area contributed by atoms with Gasteiger partial charge in [0, 0.05) is 20.1 Å². The summed E-state index contributed by atoms with van der Waals surface area (Å²) in [5.41, 5.74) is 0.836. The zero-order valence-corrected chi connectivity index (χ0v) is 24.3. The second-order valence-electron chi connectivity index (χ2n) is 10.8. The topological polar surface area (TPSA) is 111 Å². The lowest BCUT2D eigenvalue weighted by atomic mass is 9.48. The zero-order chi connectivity index (χ0) is 26.6. The largest absolute Gasteiger partial charge is 0.493 e. The molecular weight excluding hydrogens is 632 g/mol. The lowest BCUT2D eigenvalue weighted by molar-refractivity contribution is -0.00521. The van der Waals surface area contributed by atoms with Gasteiger partial charge in [-0.3, -0.25) is 14.8 Å². The van der Waals surface area contributed by atoms with Gasteiger partial charge in [0.1, 0.15) is 11.0 Å². The molecule has 0 aliphatic heterocycles. The third kappa shape index (κ3) is 4.48. The smallest absolute Gasteiger partial charge is 0.335 e. The van der Waals surface area contributed by atoms with Gasteiger partial charge in [-0.1, -0.05) is 6.07 Å². The molecule has 4 saturated carbocycles. The molecule has 0 unspecified atom stereocenters. The molecule has 2 N–H and O–H groups in total. The van der Waals surface area contributed by atoms with Gasteiger partial charge in [-0.2, -0.15) is 5.26 Å². The average molecular weight is 656 g/mol. The monoisotopic (exact) mass is 654 g/mol. The van der Waals surface area contributed by atoms with Crippen molar-refractivity contribution in [1.29, 1.82) is 5.26 Å². The predicted molar refractivity (Wildman–Crippen MR) is 155 cm³/mol. The number of hydrogen-bond acceptors (Lipinski definition) is 6. The maximum atomic E-state index is 12.8. The van der Waals surface area contributed by atoms with Crippen LogP contribution in [0, 0.1) is 28.4 Å². The third-order valence-corrected chi connectivity index (χ3v) is 10.2. The number of H-pyrrole nitrogens is 1. The molecule has 3 aromatic rings. The molecule has 7 nitrogen and oxygen atoms in total. The number of halogens is 2. The van der Waals surface area contributed by atoms with Gasteiger partial charge in [-0.15, -0.1) is 0 Å². The van der Waals surface area contributed by atoms with Gasteiger partial charge in [-0.05, 0) is 141 Å². The Labute approximate surface area is 240 Å². The molecule has 0 saturated heterocycles. The molecule has 0 atom stereocenters. The lowest BCUT2D eigenvalue weighted by Crippen LogP contribution is -2.48. The van der Waals surface area contributed by atoms with Crippen LogP contribution in [0.3, 0.4) is 0 Å². The Kier molecular flexibility index (Phi) is 6.65. The van der Waals surface area contributed by atoms with Gasteiger partial charge in [0.15, 0.2) is 0 Å². The summed E-state index contributed by atoms with van der Waals surface area (Å²) in [5, 5.41) is 21.9. The van der Waals surface area contributed by atoms with Crippen LogP contribution in [0.5, 0.6) is 5.88 Å². The van der Waals surface area contributed by atoms with Crippen LogP contribution in [0.4, 0.5) is 5.69 Å². The van der Waals surface area contributed by atoms with E-state index in [2.05, 4.69) is 54.0 Å². The maximum Gasteiger partial charge on any atom is 0.335 e. The van der Waals surface area contributed by atoms with Gasteiger partial charge in [-0.25, -0.2) is 9.36 Å². The summed E-state index contributed by atoms with van der Waals surface area (Å²) in [6, 6.07) is 11.2. The van der Waals surface area contributed by atoms with Gasteiger partial charge in [0.25, 0.3) is 5.56 Å². The minimum absolute atomic E-state index is 0.135. The molecule has 0 amide bonds. The Hall–Kier alpha value is -2.61. The van der Waals surface area contributed by atoms with Crippen molar-refractivity contribution in [2.75, 3.05) is 0 Å². The van der Waals surface area contributed by atoms with Crippen LogP contribution in [0.1, 0.15) is 49.7 Å². The average Bonchev–Trinajstić information content (AvgIpc) is 2.85. The third-order valence-electron chi connectivity index (χ3n) is 8.38. The minimum Gasteiger partial charge on any atom is -0.493 e. The molecule has 7 rings (SSSR count). The number of hydrogen-bond donors (Lipinski definition) is 2. The quantitative estimate of drug-likeness (QED) is 0.184. The van der Waals surface area contributed by atoms with Crippen molar-refractivity contribution in [3.63, 3.8) is 0 Å². The molecule has 4 aliphatic rings. The van der Waals surface area contributed by atoms with E-state index in [0.717, 1.165) is 39.0 Å². The van der Waals surface area contributed by atoms with Crippen LogP contribution in [0.25, 0.3) is 5.69 Å². The first-order valence-electron chi connectivity index (χ1n) is 12.5. The molecular formula is C28H24Br2N4O3S. The normalized spacial score (nSPS) is 25.7. The number of aromatic hydroxyl groups is 1. The number of aromatic amines is 1. The first-order chi connectivity index (χ1) is 18.3. The van der Waals surface area contributed by atoms with Crippen molar-refractivity contribution >= 4 is 55.5 Å². The SMILES string of the molecule is N#CSc1ccc(N=Cc2c(O)n(-c3ccc(C45CC6CC(CC(C6)C4)C5)cc3Br)c(=O)[nH]c2=O)c(Br)c1. The van der Waals surface area contributed by atoms with Crippen molar-refractivity contribution < 1.29 is 5.11 Å². The van der Waals surface area contributed by atoms with Crippen LogP contribution in [0.2, 0.25) is 0 Å². The Bertz CT molecular complexity index is 1600. The molecule has 1 aromatic heterocycles. The molecule has 0 radical (unpaired) electrons. The van der Waals surface area contributed by atoms with Crippen LogP contribution in [0.15, 0.2) is 64.8 Å². The first-order valence-corrected chi connectivity index (χ1v) is 14.9. The van der Waals surface area contributed by atoms with E-state index in [4.69, 9.17) is 5.26 Å². The standard InChI is InChI=1S/C28H24Br2N4O3S/c29-21-9-19(38-14-31)2-3-23(21)32-13-20-25(35)33-27(37)34(26(20)36)24-4-1-18(8-22(24)30)28-10-15-5-16(11-28)7-17(6-15)12-28/h1-4,8-9,13,15-17,36H,5-7,10-12H2,(H,33,35,37). The van der Waals surface area contributed by atoms with E-state index in [1.807, 2.05) is 11.5 Å². The number of thiocyanates is 1. The highest BCUT2D eigenvalue weighted by Gasteiger charge is 2.51. The Morgan fingerprint density at radius 1 is 1.05 bits per heavy atom. The van der Waals surface area contributed by atoms with Gasteiger partial charge in [0.2, 0.25) is 5.88 Å². The molecule has 2 aromatic carbocycles. The Morgan fingerprint density at radius 2 is 1.74 bits per heavy atom. The van der Waals surface area contributed by atoms with Crippen molar-refractivity contribution in [2.24, 2.45) is 22.7 Å². The van der Waals surface area contributed by atoms with E-state index in [1.54, 1.807) is 18.2 Å². The summed E-state index contributed by atoms with van der Waals surface area (Å²) >= 11 is 8.09.